The molecule has 1 heteroatoms. The molecule has 4 rings (SSSR count). The first-order valence-electron chi connectivity index (χ1n) is 9.26. The topological polar surface area (TPSA) is 20.2 Å². The van der Waals surface area contributed by atoms with Crippen LogP contribution in [0.4, 0.5) is 0 Å². The smallest absolute Gasteiger partial charge is 0.0433 e. The van der Waals surface area contributed by atoms with Crippen molar-refractivity contribution in [3.05, 3.63) is 36.0 Å². The zero-order valence-electron chi connectivity index (χ0n) is 14.1. The van der Waals surface area contributed by atoms with Crippen molar-refractivity contribution in [1.82, 2.24) is 0 Å². The highest BCUT2D eigenvalue weighted by Crippen LogP contribution is 2.65. The summed E-state index contributed by atoms with van der Waals surface area (Å²) in [5.41, 5.74) is 2.39. The molecule has 4 aliphatic rings. The molecule has 0 saturated heterocycles. The Bertz CT molecular complexity index is 542. The van der Waals surface area contributed by atoms with Crippen LogP contribution in [-0.4, -0.2) is 11.7 Å². The van der Waals surface area contributed by atoms with E-state index in [1.54, 1.807) is 5.57 Å². The second-order valence-electron chi connectivity index (χ2n) is 8.65. The molecule has 2 saturated carbocycles. The van der Waals surface area contributed by atoms with E-state index in [-0.39, 0.29) is 0 Å². The summed E-state index contributed by atoms with van der Waals surface area (Å²) < 4.78 is 0. The Hall–Kier alpha value is -0.820. The minimum Gasteiger partial charge on any atom is -0.396 e. The Morgan fingerprint density at radius 3 is 2.86 bits per heavy atom. The molecular weight excluding hydrogens is 268 g/mol. The van der Waals surface area contributed by atoms with Gasteiger partial charge in [0.2, 0.25) is 0 Å². The molecular formula is C21H30O. The first kappa shape index (κ1) is 14.8. The van der Waals surface area contributed by atoms with Crippen molar-refractivity contribution >= 4 is 0 Å². The Kier molecular flexibility index (Phi) is 3.41. The van der Waals surface area contributed by atoms with Gasteiger partial charge in [0.05, 0.1) is 0 Å². The maximum atomic E-state index is 9.43. The highest BCUT2D eigenvalue weighted by molar-refractivity contribution is 5.39. The molecule has 0 heterocycles. The fourth-order valence-electron chi connectivity index (χ4n) is 6.56. The highest BCUT2D eigenvalue weighted by Gasteiger charge is 2.57. The third-order valence-corrected chi connectivity index (χ3v) is 7.94. The molecule has 6 atom stereocenters. The van der Waals surface area contributed by atoms with Crippen molar-refractivity contribution in [1.29, 1.82) is 0 Å². The molecule has 0 aromatic carbocycles. The predicted octanol–water partition coefficient (Wildman–Crippen LogP) is 4.89. The monoisotopic (exact) mass is 298 g/mol. The molecule has 4 aliphatic carbocycles. The Balaban J connectivity index is 1.68. The summed E-state index contributed by atoms with van der Waals surface area (Å²) in [6, 6.07) is 0. The largest absolute Gasteiger partial charge is 0.396 e. The average Bonchev–Trinajstić information content (AvgIpc) is 2.84. The fraction of sp³-hybridized carbons (Fsp3) is 0.714. The van der Waals surface area contributed by atoms with Crippen LogP contribution in [0.1, 0.15) is 52.4 Å². The number of hydrogen-bond donors (Lipinski definition) is 1. The second-order valence-corrected chi connectivity index (χ2v) is 8.65. The lowest BCUT2D eigenvalue weighted by Gasteiger charge is -2.55. The summed E-state index contributed by atoms with van der Waals surface area (Å²) in [6.45, 7) is 5.40. The van der Waals surface area contributed by atoms with Gasteiger partial charge in [0.25, 0.3) is 0 Å². The normalized spacial score (nSPS) is 49.3. The lowest BCUT2D eigenvalue weighted by atomic mass is 9.49. The molecule has 0 unspecified atom stereocenters. The van der Waals surface area contributed by atoms with E-state index in [1.165, 1.54) is 32.1 Å². The number of hydrogen-bond acceptors (Lipinski definition) is 1. The van der Waals surface area contributed by atoms with Crippen molar-refractivity contribution < 1.29 is 5.11 Å². The van der Waals surface area contributed by atoms with Crippen molar-refractivity contribution in [2.45, 2.75) is 52.4 Å². The predicted molar refractivity (Wildman–Crippen MR) is 91.3 cm³/mol. The van der Waals surface area contributed by atoms with Crippen LogP contribution < -0.4 is 0 Å². The molecule has 0 spiro atoms. The first-order valence-corrected chi connectivity index (χ1v) is 9.26. The van der Waals surface area contributed by atoms with Crippen LogP contribution in [0.15, 0.2) is 36.0 Å². The van der Waals surface area contributed by atoms with Gasteiger partial charge in [0.15, 0.2) is 0 Å². The molecule has 0 radical (unpaired) electrons. The third kappa shape index (κ3) is 1.87. The summed E-state index contributed by atoms with van der Waals surface area (Å²) in [5, 5.41) is 9.43. The van der Waals surface area contributed by atoms with Crippen LogP contribution in [0.2, 0.25) is 0 Å². The third-order valence-electron chi connectivity index (χ3n) is 7.94. The minimum absolute atomic E-state index is 0.366. The SMILES string of the molecule is C[C@]12CC[C@H]3[C@@H](C=CC4=CC=CC[C@@]43C)[C@@H]1CC[C@@H]2CCO. The number of fused-ring (bicyclic) bond motifs is 5. The average molecular weight is 298 g/mol. The quantitative estimate of drug-likeness (QED) is 0.769. The van der Waals surface area contributed by atoms with Gasteiger partial charge in [-0.05, 0) is 78.6 Å². The molecule has 1 N–H and O–H groups in total. The van der Waals surface area contributed by atoms with Gasteiger partial charge in [-0.2, -0.15) is 0 Å². The molecule has 2 fully saturated rings. The lowest BCUT2D eigenvalue weighted by molar-refractivity contribution is -0.0143. The molecule has 0 amide bonds. The van der Waals surface area contributed by atoms with Crippen LogP contribution >= 0.6 is 0 Å². The van der Waals surface area contributed by atoms with Gasteiger partial charge in [-0.1, -0.05) is 44.2 Å². The summed E-state index contributed by atoms with van der Waals surface area (Å²) >= 11 is 0. The van der Waals surface area contributed by atoms with E-state index in [0.717, 1.165) is 30.1 Å². The maximum Gasteiger partial charge on any atom is 0.0433 e. The summed E-state index contributed by atoms with van der Waals surface area (Å²) in [5.74, 6) is 3.16. The standard InChI is InChI=1S/C21H30O/c1-20-12-4-3-5-15(20)6-8-17-18-9-7-16(11-14-22)21(18,2)13-10-19(17)20/h3-6,8,16-19,22H,7,9-14H2,1-2H3/t16-,17+,18+,19+,20+,21-/m1/s1. The highest BCUT2D eigenvalue weighted by atomic mass is 16.3. The minimum atomic E-state index is 0.366. The van der Waals surface area contributed by atoms with Gasteiger partial charge in [-0.25, -0.2) is 0 Å². The molecule has 0 aromatic heterocycles. The van der Waals surface area contributed by atoms with Gasteiger partial charge in [0.1, 0.15) is 0 Å². The van der Waals surface area contributed by atoms with E-state index in [2.05, 4.69) is 44.2 Å². The molecule has 0 aliphatic heterocycles. The van der Waals surface area contributed by atoms with Crippen LogP contribution in [0.25, 0.3) is 0 Å². The molecule has 0 bridgehead atoms. The van der Waals surface area contributed by atoms with E-state index in [9.17, 15) is 5.11 Å². The van der Waals surface area contributed by atoms with Crippen LogP contribution in [-0.2, 0) is 0 Å². The number of rotatable bonds is 2. The molecule has 0 aromatic rings. The van der Waals surface area contributed by atoms with Crippen molar-refractivity contribution in [3.63, 3.8) is 0 Å². The van der Waals surface area contributed by atoms with Crippen LogP contribution in [0.5, 0.6) is 0 Å². The van der Waals surface area contributed by atoms with Gasteiger partial charge in [-0.3, -0.25) is 0 Å². The van der Waals surface area contributed by atoms with Gasteiger partial charge < -0.3 is 5.11 Å². The van der Waals surface area contributed by atoms with Gasteiger partial charge in [-0.15, -0.1) is 0 Å². The molecule has 22 heavy (non-hydrogen) atoms. The number of aliphatic hydroxyl groups excluding tert-OH is 1. The zero-order valence-corrected chi connectivity index (χ0v) is 14.1. The van der Waals surface area contributed by atoms with Crippen molar-refractivity contribution in [3.8, 4) is 0 Å². The summed E-state index contributed by atoms with van der Waals surface area (Å²) in [7, 11) is 0. The van der Waals surface area contributed by atoms with E-state index in [0.29, 0.717) is 17.4 Å². The summed E-state index contributed by atoms with van der Waals surface area (Å²) in [4.78, 5) is 0. The lowest BCUT2D eigenvalue weighted by Crippen LogP contribution is -2.48. The van der Waals surface area contributed by atoms with E-state index < -0.39 is 0 Å². The second kappa shape index (κ2) is 5.09. The fourth-order valence-corrected chi connectivity index (χ4v) is 6.56. The molecule has 120 valence electrons. The Labute approximate surface area is 135 Å². The first-order chi connectivity index (χ1) is 10.6. The number of allylic oxidation sites excluding steroid dienone is 6. The molecule has 1 nitrogen and oxygen atoms in total. The van der Waals surface area contributed by atoms with Gasteiger partial charge in [0, 0.05) is 6.61 Å². The maximum absolute atomic E-state index is 9.43. The van der Waals surface area contributed by atoms with Crippen LogP contribution in [0.3, 0.4) is 0 Å². The number of aliphatic hydroxyl groups is 1. The van der Waals surface area contributed by atoms with E-state index in [1.807, 2.05) is 0 Å². The Morgan fingerprint density at radius 2 is 2.05 bits per heavy atom. The van der Waals surface area contributed by atoms with Crippen molar-refractivity contribution in [2.24, 2.45) is 34.5 Å². The van der Waals surface area contributed by atoms with E-state index >= 15 is 0 Å². The van der Waals surface area contributed by atoms with Gasteiger partial charge >= 0.3 is 0 Å². The van der Waals surface area contributed by atoms with Crippen molar-refractivity contribution in [2.75, 3.05) is 6.61 Å². The zero-order chi connectivity index (χ0) is 15.4. The Morgan fingerprint density at radius 1 is 1.18 bits per heavy atom. The van der Waals surface area contributed by atoms with Crippen LogP contribution in [0, 0.1) is 34.5 Å². The van der Waals surface area contributed by atoms with E-state index in [4.69, 9.17) is 0 Å². The summed E-state index contributed by atoms with van der Waals surface area (Å²) in [6.07, 6.45) is 19.6.